The van der Waals surface area contributed by atoms with E-state index in [0.717, 1.165) is 18.4 Å². The number of nitrogens with zero attached hydrogens (tertiary/aromatic N) is 1. The molecule has 0 radical (unpaired) electrons. The van der Waals surface area contributed by atoms with Crippen LogP contribution in [0.1, 0.15) is 53.0 Å². The molecule has 160 valence electrons. The highest BCUT2D eigenvalue weighted by atomic mass is 19.4. The van der Waals surface area contributed by atoms with Gasteiger partial charge in [-0.2, -0.15) is 13.2 Å². The summed E-state index contributed by atoms with van der Waals surface area (Å²) in [6.07, 6.45) is -0.523. The SMILES string of the molecule is CC(NC(=O)c1ccc(COCC(F)(F)F)cc1)c1ccnc(CC(=O)C2CC2)c1. The minimum Gasteiger partial charge on any atom is -0.367 e. The second-order valence-electron chi connectivity index (χ2n) is 7.50. The van der Waals surface area contributed by atoms with Gasteiger partial charge < -0.3 is 10.1 Å². The maximum absolute atomic E-state index is 12.5. The number of benzene rings is 1. The maximum Gasteiger partial charge on any atom is 0.411 e. The number of carbonyl (C=O) groups excluding carboxylic acids is 2. The highest BCUT2D eigenvalue weighted by molar-refractivity contribution is 5.94. The van der Waals surface area contributed by atoms with Crippen LogP contribution in [0.4, 0.5) is 13.2 Å². The van der Waals surface area contributed by atoms with Gasteiger partial charge in [0.2, 0.25) is 0 Å². The second-order valence-corrected chi connectivity index (χ2v) is 7.50. The molecule has 1 aromatic carbocycles. The number of alkyl halides is 3. The number of hydrogen-bond donors (Lipinski definition) is 1. The van der Waals surface area contributed by atoms with Crippen LogP contribution in [0.3, 0.4) is 0 Å². The molecule has 1 aliphatic rings. The minimum absolute atomic E-state index is 0.175. The summed E-state index contributed by atoms with van der Waals surface area (Å²) >= 11 is 0. The van der Waals surface area contributed by atoms with Gasteiger partial charge in [0.15, 0.2) is 0 Å². The van der Waals surface area contributed by atoms with Crippen molar-refractivity contribution in [3.05, 3.63) is 65.0 Å². The maximum atomic E-state index is 12.5. The Labute approximate surface area is 172 Å². The molecule has 8 heteroatoms. The molecule has 1 aliphatic carbocycles. The standard InChI is InChI=1S/C22H23F3N2O3/c1-14(18-8-9-26-19(10-18)11-20(28)16-6-7-16)27-21(29)17-4-2-15(3-5-17)12-30-13-22(23,24)25/h2-5,8-10,14,16H,6-7,11-13H2,1H3,(H,27,29). The Balaban J connectivity index is 1.54. The lowest BCUT2D eigenvalue weighted by molar-refractivity contribution is -0.176. The molecule has 0 bridgehead atoms. The minimum atomic E-state index is -4.37. The number of ketones is 1. The Hall–Kier alpha value is -2.74. The van der Waals surface area contributed by atoms with E-state index in [0.29, 0.717) is 23.2 Å². The summed E-state index contributed by atoms with van der Waals surface area (Å²) in [7, 11) is 0. The first-order chi connectivity index (χ1) is 14.2. The summed E-state index contributed by atoms with van der Waals surface area (Å²) in [5.74, 6) is 0.0720. The van der Waals surface area contributed by atoms with Gasteiger partial charge >= 0.3 is 6.18 Å². The quantitative estimate of drug-likeness (QED) is 0.661. The molecule has 1 saturated carbocycles. The molecule has 1 N–H and O–H groups in total. The van der Waals surface area contributed by atoms with Crippen LogP contribution in [0.25, 0.3) is 0 Å². The Morgan fingerprint density at radius 2 is 1.90 bits per heavy atom. The third-order valence-corrected chi connectivity index (χ3v) is 4.83. The van der Waals surface area contributed by atoms with Crippen molar-refractivity contribution in [2.75, 3.05) is 6.61 Å². The highest BCUT2D eigenvalue weighted by Crippen LogP contribution is 2.31. The molecule has 1 heterocycles. The fourth-order valence-electron chi connectivity index (χ4n) is 2.99. The van der Waals surface area contributed by atoms with E-state index in [1.165, 1.54) is 0 Å². The average molecular weight is 420 g/mol. The molecule has 0 spiro atoms. The molecule has 1 unspecified atom stereocenters. The van der Waals surface area contributed by atoms with Gasteiger partial charge in [0.25, 0.3) is 5.91 Å². The zero-order valence-electron chi connectivity index (χ0n) is 16.5. The third-order valence-electron chi connectivity index (χ3n) is 4.83. The topological polar surface area (TPSA) is 68.3 Å². The van der Waals surface area contributed by atoms with Crippen molar-refractivity contribution in [3.63, 3.8) is 0 Å². The summed E-state index contributed by atoms with van der Waals surface area (Å²) in [6.45, 7) is 0.336. The highest BCUT2D eigenvalue weighted by Gasteiger charge is 2.29. The van der Waals surface area contributed by atoms with E-state index < -0.39 is 12.8 Å². The molecule has 3 rings (SSSR count). The van der Waals surface area contributed by atoms with Crippen molar-refractivity contribution >= 4 is 11.7 Å². The van der Waals surface area contributed by atoms with E-state index in [2.05, 4.69) is 15.0 Å². The van der Waals surface area contributed by atoms with Crippen molar-refractivity contribution in [3.8, 4) is 0 Å². The van der Waals surface area contributed by atoms with Crippen LogP contribution in [0.5, 0.6) is 0 Å². The normalized spacial score (nSPS) is 14.9. The molecule has 0 saturated heterocycles. The first-order valence-electron chi connectivity index (χ1n) is 9.73. The van der Waals surface area contributed by atoms with E-state index >= 15 is 0 Å². The molecule has 1 amide bonds. The zero-order chi connectivity index (χ0) is 21.7. The van der Waals surface area contributed by atoms with Crippen molar-refractivity contribution in [2.24, 2.45) is 5.92 Å². The molecule has 0 aliphatic heterocycles. The molecular weight excluding hydrogens is 397 g/mol. The Morgan fingerprint density at radius 1 is 1.20 bits per heavy atom. The van der Waals surface area contributed by atoms with E-state index in [9.17, 15) is 22.8 Å². The monoisotopic (exact) mass is 420 g/mol. The number of carbonyl (C=O) groups is 2. The number of rotatable bonds is 9. The van der Waals surface area contributed by atoms with Gasteiger partial charge in [-0.1, -0.05) is 12.1 Å². The molecule has 2 aromatic rings. The van der Waals surface area contributed by atoms with Crippen LogP contribution in [0.15, 0.2) is 42.6 Å². The Morgan fingerprint density at radius 3 is 2.53 bits per heavy atom. The average Bonchev–Trinajstić information content (AvgIpc) is 3.53. The number of hydrogen-bond acceptors (Lipinski definition) is 4. The van der Waals surface area contributed by atoms with Crippen LogP contribution < -0.4 is 5.32 Å². The van der Waals surface area contributed by atoms with Crippen molar-refractivity contribution < 1.29 is 27.5 Å². The number of pyridine rings is 1. The number of aromatic nitrogens is 1. The molecule has 1 fully saturated rings. The number of halogens is 3. The molecule has 1 atom stereocenters. The Bertz CT molecular complexity index is 893. The first-order valence-corrected chi connectivity index (χ1v) is 9.73. The van der Waals surface area contributed by atoms with Gasteiger partial charge in [0.1, 0.15) is 12.4 Å². The third kappa shape index (κ3) is 6.66. The number of nitrogens with one attached hydrogen (secondary N) is 1. The van der Waals surface area contributed by atoms with Gasteiger partial charge in [-0.25, -0.2) is 0 Å². The van der Waals surface area contributed by atoms with Crippen LogP contribution in [-0.2, 0) is 22.6 Å². The summed E-state index contributed by atoms with van der Waals surface area (Å²) < 4.78 is 41.0. The van der Waals surface area contributed by atoms with Gasteiger partial charge in [-0.05, 0) is 55.2 Å². The summed E-state index contributed by atoms with van der Waals surface area (Å²) in [5, 5.41) is 2.88. The van der Waals surface area contributed by atoms with E-state index in [-0.39, 0.29) is 30.3 Å². The lowest BCUT2D eigenvalue weighted by Gasteiger charge is -2.15. The second kappa shape index (κ2) is 9.38. The van der Waals surface area contributed by atoms with E-state index in [1.807, 2.05) is 13.0 Å². The Kier molecular flexibility index (Phi) is 6.87. The lowest BCUT2D eigenvalue weighted by atomic mass is 10.0. The fourth-order valence-corrected chi connectivity index (χ4v) is 2.99. The van der Waals surface area contributed by atoms with Gasteiger partial charge in [-0.3, -0.25) is 14.6 Å². The smallest absolute Gasteiger partial charge is 0.367 e. The summed E-state index contributed by atoms with van der Waals surface area (Å²) in [5.41, 5.74) is 2.46. The van der Waals surface area contributed by atoms with Crippen LogP contribution in [-0.4, -0.2) is 29.5 Å². The fraction of sp³-hybridized carbons (Fsp3) is 0.409. The van der Waals surface area contributed by atoms with Gasteiger partial charge in [0.05, 0.1) is 12.6 Å². The number of Topliss-reactive ketones (excluding diaryl/α,β-unsaturated/α-hetero) is 1. The van der Waals surface area contributed by atoms with E-state index in [4.69, 9.17) is 0 Å². The van der Waals surface area contributed by atoms with Crippen LogP contribution in [0.2, 0.25) is 0 Å². The van der Waals surface area contributed by atoms with Crippen LogP contribution in [0, 0.1) is 5.92 Å². The van der Waals surface area contributed by atoms with Crippen molar-refractivity contribution in [1.82, 2.24) is 10.3 Å². The summed E-state index contributed by atoms with van der Waals surface area (Å²) in [4.78, 5) is 28.7. The molecular formula is C22H23F3N2O3. The molecule has 30 heavy (non-hydrogen) atoms. The number of amides is 1. The molecule has 5 nitrogen and oxygen atoms in total. The van der Waals surface area contributed by atoms with E-state index in [1.54, 1.807) is 36.5 Å². The predicted molar refractivity (Wildman–Crippen MR) is 104 cm³/mol. The number of ether oxygens (including phenoxy) is 1. The molecule has 1 aromatic heterocycles. The van der Waals surface area contributed by atoms with Crippen molar-refractivity contribution in [1.29, 1.82) is 0 Å². The predicted octanol–water partition coefficient (Wildman–Crippen LogP) is 4.17. The van der Waals surface area contributed by atoms with Crippen molar-refractivity contribution in [2.45, 2.75) is 45.0 Å². The first kappa shape index (κ1) is 22.0. The van der Waals surface area contributed by atoms with Crippen LogP contribution >= 0.6 is 0 Å². The largest absolute Gasteiger partial charge is 0.411 e. The summed E-state index contributed by atoms with van der Waals surface area (Å²) in [6, 6.07) is 9.52. The van der Waals surface area contributed by atoms with Gasteiger partial charge in [0, 0.05) is 29.8 Å². The van der Waals surface area contributed by atoms with Gasteiger partial charge in [-0.15, -0.1) is 0 Å². The zero-order valence-corrected chi connectivity index (χ0v) is 16.5. The lowest BCUT2D eigenvalue weighted by Crippen LogP contribution is -2.26.